The quantitative estimate of drug-likeness (QED) is 0.844. The van der Waals surface area contributed by atoms with Crippen LogP contribution in [0.1, 0.15) is 26.7 Å². The van der Waals surface area contributed by atoms with Gasteiger partial charge in [0.05, 0.1) is 0 Å². The summed E-state index contributed by atoms with van der Waals surface area (Å²) in [5.41, 5.74) is 0.242. The molecule has 1 fully saturated rings. The van der Waals surface area contributed by atoms with Gasteiger partial charge in [0.25, 0.3) is 0 Å². The Balaban J connectivity index is 1.91. The average molecular weight is 276 g/mol. The van der Waals surface area contributed by atoms with Gasteiger partial charge in [0, 0.05) is 18.6 Å². The van der Waals surface area contributed by atoms with Gasteiger partial charge < -0.3 is 10.2 Å². The molecule has 1 aliphatic rings. The first-order valence-electron chi connectivity index (χ1n) is 7.09. The third-order valence-corrected chi connectivity index (χ3v) is 3.76. The predicted octanol–water partition coefficient (Wildman–Crippen LogP) is 0.384. The van der Waals surface area contributed by atoms with E-state index in [1.165, 1.54) is 17.4 Å². The number of nitrogens with zero attached hydrogens (tertiary/aromatic N) is 4. The predicted molar refractivity (Wildman–Crippen MR) is 77.1 cm³/mol. The maximum absolute atomic E-state index is 11.6. The van der Waals surface area contributed by atoms with Crippen molar-refractivity contribution in [2.75, 3.05) is 18.0 Å². The monoisotopic (exact) mass is 276 g/mol. The summed E-state index contributed by atoms with van der Waals surface area (Å²) < 4.78 is 1.31. The van der Waals surface area contributed by atoms with Crippen LogP contribution < -0.4 is 15.9 Å². The third-order valence-electron chi connectivity index (χ3n) is 3.76. The number of fused-ring (bicyclic) bond motifs is 1. The minimum atomic E-state index is -0.301. The van der Waals surface area contributed by atoms with Gasteiger partial charge in [-0.2, -0.15) is 9.61 Å². The number of anilines is 1. The molecule has 1 aliphatic heterocycles. The lowest BCUT2D eigenvalue weighted by atomic mass is 10.2. The Morgan fingerprint density at radius 1 is 1.50 bits per heavy atom. The molecular formula is C13H20N6O. The van der Waals surface area contributed by atoms with Crippen molar-refractivity contribution in [3.63, 3.8) is 0 Å². The average Bonchev–Trinajstić information content (AvgIpc) is 3.06. The van der Waals surface area contributed by atoms with Gasteiger partial charge >= 0.3 is 5.69 Å². The molecule has 2 aromatic rings. The van der Waals surface area contributed by atoms with Crippen LogP contribution >= 0.6 is 0 Å². The van der Waals surface area contributed by atoms with Crippen LogP contribution in [0.5, 0.6) is 0 Å². The van der Waals surface area contributed by atoms with Gasteiger partial charge in [-0.1, -0.05) is 0 Å². The van der Waals surface area contributed by atoms with Gasteiger partial charge in [-0.25, -0.2) is 9.89 Å². The summed E-state index contributed by atoms with van der Waals surface area (Å²) in [6, 6.07) is 4.56. The van der Waals surface area contributed by atoms with Crippen molar-refractivity contribution in [2.45, 2.75) is 38.8 Å². The van der Waals surface area contributed by atoms with E-state index in [4.69, 9.17) is 0 Å². The molecule has 2 N–H and O–H groups in total. The molecule has 1 atom stereocenters. The zero-order valence-electron chi connectivity index (χ0n) is 11.8. The first-order chi connectivity index (χ1) is 9.65. The third kappa shape index (κ3) is 2.40. The normalized spacial score (nSPS) is 19.1. The molecule has 0 radical (unpaired) electrons. The largest absolute Gasteiger partial charge is 0.364 e. The first kappa shape index (κ1) is 13.1. The van der Waals surface area contributed by atoms with E-state index in [-0.39, 0.29) is 5.69 Å². The van der Waals surface area contributed by atoms with Crippen molar-refractivity contribution in [3.05, 3.63) is 22.6 Å². The number of aromatic amines is 1. The number of rotatable bonds is 4. The van der Waals surface area contributed by atoms with Crippen molar-refractivity contribution in [2.24, 2.45) is 0 Å². The molecule has 1 saturated heterocycles. The van der Waals surface area contributed by atoms with E-state index in [0.29, 0.717) is 17.7 Å². The van der Waals surface area contributed by atoms with E-state index < -0.39 is 0 Å². The van der Waals surface area contributed by atoms with Crippen LogP contribution in [0.4, 0.5) is 5.82 Å². The molecule has 108 valence electrons. The lowest BCUT2D eigenvalue weighted by molar-refractivity contribution is 0.546. The van der Waals surface area contributed by atoms with E-state index in [1.54, 1.807) is 0 Å². The van der Waals surface area contributed by atoms with E-state index in [9.17, 15) is 4.79 Å². The fraction of sp³-hybridized carbons (Fsp3) is 0.615. The fourth-order valence-electron chi connectivity index (χ4n) is 2.67. The highest BCUT2D eigenvalue weighted by atomic mass is 16.2. The Morgan fingerprint density at radius 2 is 2.35 bits per heavy atom. The van der Waals surface area contributed by atoms with Gasteiger partial charge in [0.1, 0.15) is 5.82 Å². The Kier molecular flexibility index (Phi) is 3.43. The first-order valence-corrected chi connectivity index (χ1v) is 7.09. The van der Waals surface area contributed by atoms with Crippen LogP contribution in [0.25, 0.3) is 5.65 Å². The van der Waals surface area contributed by atoms with Gasteiger partial charge in [-0.15, -0.1) is 5.10 Å². The number of H-pyrrole nitrogens is 1. The zero-order valence-corrected chi connectivity index (χ0v) is 11.8. The number of aromatic nitrogens is 4. The van der Waals surface area contributed by atoms with Crippen LogP contribution in [0.3, 0.4) is 0 Å². The molecule has 1 unspecified atom stereocenters. The van der Waals surface area contributed by atoms with E-state index >= 15 is 0 Å². The standard InChI is InChI=1S/C13H20N6O/c1-9(2)18(8-10-4-3-7-14-10)12-6-5-11-15-16-13(20)19(11)17-12/h5-6,9-10,14H,3-4,7-8H2,1-2H3,(H,16,20). The van der Waals surface area contributed by atoms with Gasteiger partial charge in [-0.05, 0) is 45.4 Å². The Bertz CT molecular complexity index is 640. The second kappa shape index (κ2) is 5.24. The molecule has 0 bridgehead atoms. The molecule has 20 heavy (non-hydrogen) atoms. The van der Waals surface area contributed by atoms with E-state index in [1.807, 2.05) is 12.1 Å². The lowest BCUT2D eigenvalue weighted by Crippen LogP contribution is -2.42. The molecule has 3 heterocycles. The fourth-order valence-corrected chi connectivity index (χ4v) is 2.67. The van der Waals surface area contributed by atoms with Crippen LogP contribution in [0.2, 0.25) is 0 Å². The Hall–Kier alpha value is -1.89. The van der Waals surface area contributed by atoms with E-state index in [2.05, 4.69) is 39.4 Å². The number of nitrogens with one attached hydrogen (secondary N) is 2. The van der Waals surface area contributed by atoms with Crippen molar-refractivity contribution in [3.8, 4) is 0 Å². The summed E-state index contributed by atoms with van der Waals surface area (Å²) >= 11 is 0. The van der Waals surface area contributed by atoms with Gasteiger partial charge in [0.15, 0.2) is 5.65 Å². The summed E-state index contributed by atoms with van der Waals surface area (Å²) in [5.74, 6) is 0.810. The lowest BCUT2D eigenvalue weighted by Gasteiger charge is -2.30. The summed E-state index contributed by atoms with van der Waals surface area (Å²) in [7, 11) is 0. The van der Waals surface area contributed by atoms with Crippen LogP contribution in [0, 0.1) is 0 Å². The van der Waals surface area contributed by atoms with Crippen molar-refractivity contribution in [1.29, 1.82) is 0 Å². The summed E-state index contributed by atoms with van der Waals surface area (Å²) in [4.78, 5) is 13.8. The zero-order chi connectivity index (χ0) is 14.1. The molecule has 3 rings (SSSR count). The van der Waals surface area contributed by atoms with Crippen LogP contribution in [-0.2, 0) is 0 Å². The summed E-state index contributed by atoms with van der Waals surface area (Å²) in [6.07, 6.45) is 2.42. The minimum Gasteiger partial charge on any atom is -0.351 e. The van der Waals surface area contributed by atoms with Gasteiger partial charge in [-0.3, -0.25) is 0 Å². The molecule has 0 spiro atoms. The molecule has 0 saturated carbocycles. The maximum atomic E-state index is 11.6. The number of hydrogen-bond acceptors (Lipinski definition) is 5. The minimum absolute atomic E-state index is 0.301. The summed E-state index contributed by atoms with van der Waals surface area (Å²) in [6.45, 7) is 6.27. The Morgan fingerprint density at radius 3 is 3.05 bits per heavy atom. The highest BCUT2D eigenvalue weighted by Gasteiger charge is 2.21. The SMILES string of the molecule is CC(C)N(CC1CCCN1)c1ccc2n[nH]c(=O)n2n1. The topological polar surface area (TPSA) is 78.3 Å². The molecule has 7 nitrogen and oxygen atoms in total. The summed E-state index contributed by atoms with van der Waals surface area (Å²) in [5, 5.41) is 14.2. The van der Waals surface area contributed by atoms with Crippen LogP contribution in [0.15, 0.2) is 16.9 Å². The molecule has 7 heteroatoms. The second-order valence-corrected chi connectivity index (χ2v) is 5.53. The molecule has 0 aromatic carbocycles. The molecular weight excluding hydrogens is 256 g/mol. The molecule has 2 aromatic heterocycles. The highest BCUT2D eigenvalue weighted by molar-refractivity contribution is 5.45. The second-order valence-electron chi connectivity index (χ2n) is 5.53. The van der Waals surface area contributed by atoms with E-state index in [0.717, 1.165) is 18.9 Å². The smallest absolute Gasteiger partial charge is 0.351 e. The van der Waals surface area contributed by atoms with Crippen LogP contribution in [-0.4, -0.2) is 45.0 Å². The van der Waals surface area contributed by atoms with Crippen molar-refractivity contribution in [1.82, 2.24) is 25.1 Å². The molecule has 0 amide bonds. The van der Waals surface area contributed by atoms with Gasteiger partial charge in [0.2, 0.25) is 0 Å². The highest BCUT2D eigenvalue weighted by Crippen LogP contribution is 2.17. The van der Waals surface area contributed by atoms with Crippen molar-refractivity contribution < 1.29 is 0 Å². The Labute approximate surface area is 117 Å². The van der Waals surface area contributed by atoms with Crippen molar-refractivity contribution >= 4 is 11.5 Å². The molecule has 0 aliphatic carbocycles. The number of hydrogen-bond donors (Lipinski definition) is 2. The maximum Gasteiger partial charge on any atom is 0.364 e.